The fraction of sp³-hybridized carbons (Fsp3) is 0.556. The van der Waals surface area contributed by atoms with Crippen LogP contribution in [0.5, 0.6) is 0 Å². The first-order valence-electron chi connectivity index (χ1n) is 8.47. The van der Waals surface area contributed by atoms with E-state index in [9.17, 15) is 5.11 Å². The number of furan rings is 1. The molecular formula is C18H25N3O3. The summed E-state index contributed by atoms with van der Waals surface area (Å²) in [6.45, 7) is 7.13. The van der Waals surface area contributed by atoms with Crippen molar-refractivity contribution in [2.24, 2.45) is 0 Å². The summed E-state index contributed by atoms with van der Waals surface area (Å²) in [7, 11) is 0. The van der Waals surface area contributed by atoms with Crippen LogP contribution in [-0.2, 0) is 24.3 Å². The lowest BCUT2D eigenvalue weighted by atomic mass is 10.1. The van der Waals surface area contributed by atoms with Crippen molar-refractivity contribution in [3.8, 4) is 0 Å². The summed E-state index contributed by atoms with van der Waals surface area (Å²) >= 11 is 0. The van der Waals surface area contributed by atoms with Crippen LogP contribution in [0.2, 0.25) is 0 Å². The number of nitrogens with zero attached hydrogens (tertiary/aromatic N) is 3. The standard InChI is InChI=1S/C18H25N3O3/c1-13(2)18-19-8-14-5-6-21(10-17(14)20-18)9-15(22)11-23-12-16-4-3-7-24-16/h3-4,7-8,13,15,22H,5-6,9-12H2,1-2H3/t15-/m1/s1. The Hall–Kier alpha value is -1.76. The fourth-order valence-electron chi connectivity index (χ4n) is 2.85. The minimum Gasteiger partial charge on any atom is -0.467 e. The molecule has 0 aliphatic carbocycles. The van der Waals surface area contributed by atoms with Gasteiger partial charge in [-0.05, 0) is 24.1 Å². The number of hydrogen-bond acceptors (Lipinski definition) is 6. The molecule has 6 heteroatoms. The maximum Gasteiger partial charge on any atom is 0.131 e. The number of rotatable bonds is 7. The Morgan fingerprint density at radius 2 is 2.29 bits per heavy atom. The lowest BCUT2D eigenvalue weighted by Crippen LogP contribution is -2.39. The van der Waals surface area contributed by atoms with Crippen LogP contribution < -0.4 is 0 Å². The van der Waals surface area contributed by atoms with E-state index >= 15 is 0 Å². The molecule has 0 unspecified atom stereocenters. The monoisotopic (exact) mass is 331 g/mol. The first kappa shape index (κ1) is 17.1. The number of β-amino-alcohol motifs (C(OH)–C–C–N with tert-alkyl or cyclic N) is 1. The maximum atomic E-state index is 10.2. The zero-order valence-electron chi connectivity index (χ0n) is 14.3. The van der Waals surface area contributed by atoms with E-state index in [1.54, 1.807) is 6.26 Å². The zero-order valence-corrected chi connectivity index (χ0v) is 14.3. The van der Waals surface area contributed by atoms with E-state index in [2.05, 4.69) is 28.7 Å². The number of aromatic nitrogens is 2. The van der Waals surface area contributed by atoms with Gasteiger partial charge in [0.05, 0.1) is 24.7 Å². The summed E-state index contributed by atoms with van der Waals surface area (Å²) < 4.78 is 10.7. The third-order valence-corrected chi connectivity index (χ3v) is 4.16. The Labute approximate surface area is 142 Å². The molecule has 0 saturated carbocycles. The molecule has 1 atom stereocenters. The van der Waals surface area contributed by atoms with Crippen LogP contribution in [0.15, 0.2) is 29.0 Å². The number of aliphatic hydroxyl groups is 1. The van der Waals surface area contributed by atoms with Crippen LogP contribution in [0.3, 0.4) is 0 Å². The van der Waals surface area contributed by atoms with Crippen LogP contribution in [0.1, 0.15) is 42.6 Å². The first-order chi connectivity index (χ1) is 11.6. The maximum absolute atomic E-state index is 10.2. The topological polar surface area (TPSA) is 71.6 Å². The summed E-state index contributed by atoms with van der Waals surface area (Å²) in [5.41, 5.74) is 2.31. The Bertz CT molecular complexity index is 643. The van der Waals surface area contributed by atoms with Gasteiger partial charge >= 0.3 is 0 Å². The lowest BCUT2D eigenvalue weighted by molar-refractivity contribution is 0.00286. The minimum atomic E-state index is -0.520. The van der Waals surface area contributed by atoms with Crippen molar-refractivity contribution in [1.29, 1.82) is 0 Å². The quantitative estimate of drug-likeness (QED) is 0.838. The molecule has 130 valence electrons. The summed E-state index contributed by atoms with van der Waals surface area (Å²) in [5.74, 6) is 1.98. The highest BCUT2D eigenvalue weighted by molar-refractivity contribution is 5.21. The number of ether oxygens (including phenoxy) is 1. The number of aliphatic hydroxyl groups excluding tert-OH is 1. The van der Waals surface area contributed by atoms with Gasteiger partial charge in [-0.3, -0.25) is 4.90 Å². The average molecular weight is 331 g/mol. The molecule has 2 aromatic heterocycles. The highest BCUT2D eigenvalue weighted by Crippen LogP contribution is 2.19. The second-order valence-corrected chi connectivity index (χ2v) is 6.59. The van der Waals surface area contributed by atoms with E-state index in [1.807, 2.05) is 18.3 Å². The molecule has 0 bridgehead atoms. The van der Waals surface area contributed by atoms with Crippen LogP contribution >= 0.6 is 0 Å². The smallest absolute Gasteiger partial charge is 0.131 e. The third kappa shape index (κ3) is 4.41. The summed E-state index contributed by atoms with van der Waals surface area (Å²) in [6, 6.07) is 3.69. The molecule has 0 saturated heterocycles. The van der Waals surface area contributed by atoms with Crippen molar-refractivity contribution >= 4 is 0 Å². The molecule has 1 aliphatic rings. The van der Waals surface area contributed by atoms with Gasteiger partial charge in [0.15, 0.2) is 0 Å². The molecule has 24 heavy (non-hydrogen) atoms. The number of hydrogen-bond donors (Lipinski definition) is 1. The SMILES string of the molecule is CC(C)c1ncc2c(n1)CN(C[C@@H](O)COCc1ccco1)CC2. The lowest BCUT2D eigenvalue weighted by Gasteiger charge is -2.29. The van der Waals surface area contributed by atoms with Gasteiger partial charge in [-0.1, -0.05) is 13.8 Å². The van der Waals surface area contributed by atoms with Crippen molar-refractivity contribution in [2.75, 3.05) is 19.7 Å². The van der Waals surface area contributed by atoms with Crippen molar-refractivity contribution < 1.29 is 14.3 Å². The van der Waals surface area contributed by atoms with E-state index < -0.39 is 6.10 Å². The molecule has 1 N–H and O–H groups in total. The molecule has 0 fully saturated rings. The predicted octanol–water partition coefficient (Wildman–Crippen LogP) is 2.13. The Balaban J connectivity index is 1.48. The highest BCUT2D eigenvalue weighted by Gasteiger charge is 2.21. The molecule has 0 aromatic carbocycles. The van der Waals surface area contributed by atoms with E-state index in [1.165, 1.54) is 5.56 Å². The van der Waals surface area contributed by atoms with Crippen molar-refractivity contribution in [1.82, 2.24) is 14.9 Å². The average Bonchev–Trinajstić information content (AvgIpc) is 3.07. The van der Waals surface area contributed by atoms with Gasteiger partial charge in [0.1, 0.15) is 18.2 Å². The van der Waals surface area contributed by atoms with E-state index in [0.717, 1.165) is 36.8 Å². The summed E-state index contributed by atoms with van der Waals surface area (Å²) in [5, 5.41) is 10.2. The van der Waals surface area contributed by atoms with Crippen molar-refractivity contribution in [3.63, 3.8) is 0 Å². The Morgan fingerprint density at radius 1 is 1.42 bits per heavy atom. The third-order valence-electron chi connectivity index (χ3n) is 4.16. The van der Waals surface area contributed by atoms with Crippen molar-refractivity contribution in [3.05, 3.63) is 47.4 Å². The van der Waals surface area contributed by atoms with Crippen LogP contribution in [-0.4, -0.2) is 45.8 Å². The zero-order chi connectivity index (χ0) is 16.9. The second-order valence-electron chi connectivity index (χ2n) is 6.59. The molecular weight excluding hydrogens is 306 g/mol. The first-order valence-corrected chi connectivity index (χ1v) is 8.47. The Kier molecular flexibility index (Phi) is 5.60. The highest BCUT2D eigenvalue weighted by atomic mass is 16.5. The molecule has 2 aromatic rings. The van der Waals surface area contributed by atoms with Gasteiger partial charge in [0, 0.05) is 31.7 Å². The summed E-state index contributed by atoms with van der Waals surface area (Å²) in [4.78, 5) is 11.3. The van der Waals surface area contributed by atoms with Gasteiger partial charge < -0.3 is 14.3 Å². The van der Waals surface area contributed by atoms with E-state index in [4.69, 9.17) is 9.15 Å². The molecule has 0 amide bonds. The van der Waals surface area contributed by atoms with Gasteiger partial charge in [-0.2, -0.15) is 0 Å². The fourth-order valence-corrected chi connectivity index (χ4v) is 2.85. The van der Waals surface area contributed by atoms with Crippen molar-refractivity contribution in [2.45, 2.75) is 45.4 Å². The van der Waals surface area contributed by atoms with Crippen LogP contribution in [0, 0.1) is 0 Å². The second kappa shape index (κ2) is 7.88. The molecule has 0 spiro atoms. The molecule has 3 rings (SSSR count). The molecule has 6 nitrogen and oxygen atoms in total. The normalized spacial score (nSPS) is 16.3. The van der Waals surface area contributed by atoms with Gasteiger partial charge in [0.25, 0.3) is 0 Å². The summed E-state index contributed by atoms with van der Waals surface area (Å²) in [6.07, 6.45) is 3.98. The van der Waals surface area contributed by atoms with Crippen LogP contribution in [0.25, 0.3) is 0 Å². The van der Waals surface area contributed by atoms with E-state index in [0.29, 0.717) is 25.7 Å². The largest absolute Gasteiger partial charge is 0.467 e. The Morgan fingerprint density at radius 3 is 3.04 bits per heavy atom. The molecule has 0 radical (unpaired) electrons. The van der Waals surface area contributed by atoms with Gasteiger partial charge in [0.2, 0.25) is 0 Å². The van der Waals surface area contributed by atoms with Gasteiger partial charge in [-0.15, -0.1) is 0 Å². The number of fused-ring (bicyclic) bond motifs is 1. The predicted molar refractivity (Wildman–Crippen MR) is 89.5 cm³/mol. The van der Waals surface area contributed by atoms with Crippen LogP contribution in [0.4, 0.5) is 0 Å². The molecule has 3 heterocycles. The molecule has 1 aliphatic heterocycles. The minimum absolute atomic E-state index is 0.297. The van der Waals surface area contributed by atoms with E-state index in [-0.39, 0.29) is 0 Å². The van der Waals surface area contributed by atoms with Gasteiger partial charge in [-0.25, -0.2) is 9.97 Å².